The van der Waals surface area contributed by atoms with E-state index in [1.807, 2.05) is 38.1 Å². The Hall–Kier alpha value is -2.22. The summed E-state index contributed by atoms with van der Waals surface area (Å²) in [6.07, 6.45) is 0. The third-order valence-corrected chi connectivity index (χ3v) is 6.31. The van der Waals surface area contributed by atoms with Gasteiger partial charge in [0, 0.05) is 4.70 Å². The van der Waals surface area contributed by atoms with E-state index in [9.17, 15) is 13.2 Å². The quantitative estimate of drug-likeness (QED) is 0.734. The number of nitrogens with one attached hydrogen (secondary N) is 1. The number of rotatable bonds is 4. The van der Waals surface area contributed by atoms with Crippen LogP contribution in [0.2, 0.25) is 0 Å². The van der Waals surface area contributed by atoms with E-state index in [2.05, 4.69) is 5.32 Å². The van der Waals surface area contributed by atoms with Crippen molar-refractivity contribution in [3.8, 4) is 0 Å². The molecule has 1 atom stereocenters. The predicted molar refractivity (Wildman–Crippen MR) is 100 cm³/mol. The molecule has 130 valence electrons. The van der Waals surface area contributed by atoms with Gasteiger partial charge in [-0.05, 0) is 48.6 Å². The van der Waals surface area contributed by atoms with E-state index in [1.54, 1.807) is 12.1 Å². The number of sulfonamides is 1. The number of carbonyl (C=O) groups is 1. The Kier molecular flexibility index (Phi) is 4.64. The zero-order chi connectivity index (χ0) is 18.2. The maximum absolute atomic E-state index is 12.6. The molecule has 3 N–H and O–H groups in total. The first-order chi connectivity index (χ1) is 11.8. The summed E-state index contributed by atoms with van der Waals surface area (Å²) in [6.45, 7) is 3.80. The van der Waals surface area contributed by atoms with Gasteiger partial charge in [-0.25, -0.2) is 13.6 Å². The van der Waals surface area contributed by atoms with E-state index in [4.69, 9.17) is 5.14 Å². The minimum atomic E-state index is -3.72. The molecule has 1 amide bonds. The van der Waals surface area contributed by atoms with Gasteiger partial charge in [-0.3, -0.25) is 4.79 Å². The van der Waals surface area contributed by atoms with Gasteiger partial charge in [-0.15, -0.1) is 11.3 Å². The summed E-state index contributed by atoms with van der Waals surface area (Å²) < 4.78 is 23.7. The summed E-state index contributed by atoms with van der Waals surface area (Å²) in [5.41, 5.74) is 1.77. The number of hydrogen-bond donors (Lipinski definition) is 2. The summed E-state index contributed by atoms with van der Waals surface area (Å²) in [4.78, 5) is 13.4. The van der Waals surface area contributed by atoms with Crippen molar-refractivity contribution in [1.82, 2.24) is 5.32 Å². The summed E-state index contributed by atoms with van der Waals surface area (Å²) in [7, 11) is -3.72. The second-order valence-electron chi connectivity index (χ2n) is 5.86. The molecule has 0 aliphatic rings. The highest BCUT2D eigenvalue weighted by Crippen LogP contribution is 2.30. The van der Waals surface area contributed by atoms with Gasteiger partial charge in [0.15, 0.2) is 0 Å². The average molecular weight is 374 g/mol. The van der Waals surface area contributed by atoms with E-state index >= 15 is 0 Å². The molecule has 0 fully saturated rings. The molecule has 5 nitrogen and oxygen atoms in total. The third kappa shape index (κ3) is 3.58. The fraction of sp³-hybridized carbons (Fsp3) is 0.167. The number of aryl methyl sites for hydroxylation is 1. The first-order valence-corrected chi connectivity index (χ1v) is 10.1. The molecule has 3 rings (SSSR count). The number of nitrogens with two attached hydrogens (primary N) is 1. The number of primary sulfonamides is 1. The van der Waals surface area contributed by atoms with Crippen LogP contribution in [0.5, 0.6) is 0 Å². The smallest absolute Gasteiger partial charge is 0.262 e. The third-order valence-electron chi connectivity index (χ3n) is 4.11. The molecule has 25 heavy (non-hydrogen) atoms. The fourth-order valence-electron chi connectivity index (χ4n) is 2.68. The van der Waals surface area contributed by atoms with Crippen LogP contribution < -0.4 is 10.5 Å². The molecule has 1 heterocycles. The van der Waals surface area contributed by atoms with Crippen LogP contribution in [0.1, 0.15) is 33.8 Å². The van der Waals surface area contributed by atoms with Gasteiger partial charge in [0.25, 0.3) is 5.91 Å². The number of hydrogen-bond acceptors (Lipinski definition) is 4. The molecule has 0 saturated carbocycles. The molecule has 7 heteroatoms. The largest absolute Gasteiger partial charge is 0.345 e. The van der Waals surface area contributed by atoms with Crippen LogP contribution in [0.25, 0.3) is 10.1 Å². The lowest BCUT2D eigenvalue weighted by molar-refractivity contribution is 0.0943. The standard InChI is InChI=1S/C18H18N2O3S2/c1-11-15-5-3-4-6-16(15)24-17(11)18(21)20-12(2)13-7-9-14(10-8-13)25(19,22)23/h3-10,12H,1-2H3,(H,20,21)(H2,19,22,23)/t12-/m1/s1. The first kappa shape index (κ1) is 17.6. The maximum Gasteiger partial charge on any atom is 0.262 e. The SMILES string of the molecule is Cc1c(C(=O)N[C@H](C)c2ccc(S(N)(=O)=O)cc2)sc2ccccc12. The highest BCUT2D eigenvalue weighted by atomic mass is 32.2. The first-order valence-electron chi connectivity index (χ1n) is 7.69. The van der Waals surface area contributed by atoms with Gasteiger partial charge >= 0.3 is 0 Å². The van der Waals surface area contributed by atoms with Gasteiger partial charge in [0.2, 0.25) is 10.0 Å². The second kappa shape index (κ2) is 6.59. The number of carbonyl (C=O) groups excluding carboxylic acids is 1. The van der Waals surface area contributed by atoms with E-state index in [0.29, 0.717) is 4.88 Å². The van der Waals surface area contributed by atoms with E-state index in [0.717, 1.165) is 21.2 Å². The molecule has 0 radical (unpaired) electrons. The highest BCUT2D eigenvalue weighted by molar-refractivity contribution is 7.89. The molecule has 0 bridgehead atoms. The highest BCUT2D eigenvalue weighted by Gasteiger charge is 2.18. The number of amides is 1. The molecule has 0 spiro atoms. The van der Waals surface area contributed by atoms with Crippen molar-refractivity contribution in [1.29, 1.82) is 0 Å². The Morgan fingerprint density at radius 1 is 1.12 bits per heavy atom. The maximum atomic E-state index is 12.6. The van der Waals surface area contributed by atoms with Crippen LogP contribution in [0.4, 0.5) is 0 Å². The fourth-order valence-corrected chi connectivity index (χ4v) is 4.31. The number of fused-ring (bicyclic) bond motifs is 1. The Bertz CT molecular complexity index is 1040. The lowest BCUT2D eigenvalue weighted by atomic mass is 10.1. The van der Waals surface area contributed by atoms with Gasteiger partial charge in [0.05, 0.1) is 15.8 Å². The minimum absolute atomic E-state index is 0.0510. The predicted octanol–water partition coefficient (Wildman–Crippen LogP) is 3.35. The van der Waals surface area contributed by atoms with Crippen molar-refractivity contribution in [2.45, 2.75) is 24.8 Å². The molecular formula is C18H18N2O3S2. The van der Waals surface area contributed by atoms with Crippen LogP contribution in [0.15, 0.2) is 53.4 Å². The zero-order valence-electron chi connectivity index (χ0n) is 13.8. The normalized spacial score (nSPS) is 12.9. The zero-order valence-corrected chi connectivity index (χ0v) is 15.4. The van der Waals surface area contributed by atoms with Crippen molar-refractivity contribution in [2.24, 2.45) is 5.14 Å². The molecule has 0 aliphatic heterocycles. The molecule has 0 aliphatic carbocycles. The van der Waals surface area contributed by atoms with E-state index in [1.165, 1.54) is 23.5 Å². The lowest BCUT2D eigenvalue weighted by Gasteiger charge is -2.14. The van der Waals surface area contributed by atoms with Crippen LogP contribution in [-0.4, -0.2) is 14.3 Å². The van der Waals surface area contributed by atoms with Crippen molar-refractivity contribution in [3.63, 3.8) is 0 Å². The average Bonchev–Trinajstić information content (AvgIpc) is 2.91. The van der Waals surface area contributed by atoms with Gasteiger partial charge in [-0.1, -0.05) is 30.3 Å². The van der Waals surface area contributed by atoms with Crippen LogP contribution >= 0.6 is 11.3 Å². The monoisotopic (exact) mass is 374 g/mol. The summed E-state index contributed by atoms with van der Waals surface area (Å²) in [5.74, 6) is -0.137. The minimum Gasteiger partial charge on any atom is -0.345 e. The Balaban J connectivity index is 1.81. The Morgan fingerprint density at radius 2 is 1.76 bits per heavy atom. The van der Waals surface area contributed by atoms with E-state index < -0.39 is 10.0 Å². The number of benzene rings is 2. The summed E-state index contributed by atoms with van der Waals surface area (Å²) in [5, 5.41) is 9.15. The molecule has 2 aromatic carbocycles. The van der Waals surface area contributed by atoms with Crippen LogP contribution in [-0.2, 0) is 10.0 Å². The summed E-state index contributed by atoms with van der Waals surface area (Å²) in [6, 6.07) is 13.9. The number of thiophene rings is 1. The lowest BCUT2D eigenvalue weighted by Crippen LogP contribution is -2.26. The molecular weight excluding hydrogens is 356 g/mol. The van der Waals surface area contributed by atoms with Crippen LogP contribution in [0.3, 0.4) is 0 Å². The molecule has 3 aromatic rings. The molecule has 0 unspecified atom stereocenters. The van der Waals surface area contributed by atoms with Crippen molar-refractivity contribution < 1.29 is 13.2 Å². The van der Waals surface area contributed by atoms with Crippen molar-refractivity contribution >= 4 is 37.4 Å². The van der Waals surface area contributed by atoms with Crippen molar-refractivity contribution in [3.05, 3.63) is 64.5 Å². The molecule has 1 aromatic heterocycles. The van der Waals surface area contributed by atoms with Gasteiger partial charge in [0.1, 0.15) is 0 Å². The van der Waals surface area contributed by atoms with Gasteiger partial charge in [-0.2, -0.15) is 0 Å². The Labute approximate surface area is 150 Å². The van der Waals surface area contributed by atoms with Crippen LogP contribution in [0, 0.1) is 6.92 Å². The second-order valence-corrected chi connectivity index (χ2v) is 8.48. The molecule has 0 saturated heterocycles. The van der Waals surface area contributed by atoms with E-state index in [-0.39, 0.29) is 16.8 Å². The van der Waals surface area contributed by atoms with Gasteiger partial charge < -0.3 is 5.32 Å². The Morgan fingerprint density at radius 3 is 2.36 bits per heavy atom. The summed E-state index contributed by atoms with van der Waals surface area (Å²) >= 11 is 1.47. The topological polar surface area (TPSA) is 89.3 Å². The van der Waals surface area contributed by atoms with Crippen molar-refractivity contribution in [2.75, 3.05) is 0 Å².